The summed E-state index contributed by atoms with van der Waals surface area (Å²) in [5, 5.41) is 10.7. The SMILES string of the molecule is Cc1ccc(C)c(C(O)CN(CC(C)C)C2CCCC2)c1. The first-order chi connectivity index (χ1) is 9.97. The molecule has 0 bridgehead atoms. The van der Waals surface area contributed by atoms with E-state index in [-0.39, 0.29) is 6.10 Å². The van der Waals surface area contributed by atoms with Crippen LogP contribution in [0, 0.1) is 19.8 Å². The Kier molecular flexibility index (Phi) is 5.83. The van der Waals surface area contributed by atoms with E-state index in [1.54, 1.807) is 0 Å². The van der Waals surface area contributed by atoms with Crippen molar-refractivity contribution in [1.29, 1.82) is 0 Å². The van der Waals surface area contributed by atoms with Crippen molar-refractivity contribution in [2.75, 3.05) is 13.1 Å². The molecular formula is C19H31NO. The lowest BCUT2D eigenvalue weighted by Crippen LogP contribution is -2.39. The molecule has 0 saturated heterocycles. The van der Waals surface area contributed by atoms with Crippen molar-refractivity contribution in [2.24, 2.45) is 5.92 Å². The average molecular weight is 289 g/mol. The maximum Gasteiger partial charge on any atom is 0.0919 e. The first kappa shape index (κ1) is 16.5. The molecule has 0 heterocycles. The van der Waals surface area contributed by atoms with Gasteiger partial charge in [-0.2, -0.15) is 0 Å². The Labute approximate surface area is 130 Å². The minimum atomic E-state index is -0.371. The first-order valence-corrected chi connectivity index (χ1v) is 8.46. The first-order valence-electron chi connectivity index (χ1n) is 8.46. The quantitative estimate of drug-likeness (QED) is 0.847. The second-order valence-corrected chi connectivity index (χ2v) is 7.16. The van der Waals surface area contributed by atoms with Crippen LogP contribution in [0.25, 0.3) is 0 Å². The predicted molar refractivity (Wildman–Crippen MR) is 89.5 cm³/mol. The fraction of sp³-hybridized carbons (Fsp3) is 0.684. The minimum Gasteiger partial charge on any atom is -0.387 e. The molecule has 1 aliphatic carbocycles. The van der Waals surface area contributed by atoms with Crippen LogP contribution in [0.15, 0.2) is 18.2 Å². The molecular weight excluding hydrogens is 258 g/mol. The minimum absolute atomic E-state index is 0.371. The summed E-state index contributed by atoms with van der Waals surface area (Å²) in [6.45, 7) is 10.6. The van der Waals surface area contributed by atoms with E-state index >= 15 is 0 Å². The summed E-state index contributed by atoms with van der Waals surface area (Å²) in [5.41, 5.74) is 3.52. The number of aliphatic hydroxyl groups excluding tert-OH is 1. The lowest BCUT2D eigenvalue weighted by atomic mass is 9.99. The Balaban J connectivity index is 2.09. The van der Waals surface area contributed by atoms with E-state index in [1.165, 1.54) is 36.8 Å². The highest BCUT2D eigenvalue weighted by molar-refractivity contribution is 5.32. The molecule has 1 aromatic rings. The van der Waals surface area contributed by atoms with Crippen molar-refractivity contribution in [3.05, 3.63) is 34.9 Å². The summed E-state index contributed by atoms with van der Waals surface area (Å²) < 4.78 is 0. The predicted octanol–water partition coefficient (Wildman–Crippen LogP) is 4.24. The molecule has 2 nitrogen and oxygen atoms in total. The zero-order valence-corrected chi connectivity index (χ0v) is 14.1. The van der Waals surface area contributed by atoms with Crippen molar-refractivity contribution in [2.45, 2.75) is 65.5 Å². The van der Waals surface area contributed by atoms with Crippen LogP contribution in [-0.2, 0) is 0 Å². The zero-order chi connectivity index (χ0) is 15.4. The second-order valence-electron chi connectivity index (χ2n) is 7.16. The topological polar surface area (TPSA) is 23.5 Å². The van der Waals surface area contributed by atoms with Gasteiger partial charge >= 0.3 is 0 Å². The van der Waals surface area contributed by atoms with E-state index in [2.05, 4.69) is 50.8 Å². The summed E-state index contributed by atoms with van der Waals surface area (Å²) in [5.74, 6) is 0.649. The highest BCUT2D eigenvalue weighted by Crippen LogP contribution is 2.27. The second kappa shape index (κ2) is 7.42. The third kappa shape index (κ3) is 4.55. The van der Waals surface area contributed by atoms with Gasteiger partial charge in [0.1, 0.15) is 0 Å². The third-order valence-electron chi connectivity index (χ3n) is 4.64. The van der Waals surface area contributed by atoms with Gasteiger partial charge in [0.25, 0.3) is 0 Å². The van der Waals surface area contributed by atoms with Crippen LogP contribution in [-0.4, -0.2) is 29.1 Å². The van der Waals surface area contributed by atoms with Crippen molar-refractivity contribution >= 4 is 0 Å². The summed E-state index contributed by atoms with van der Waals surface area (Å²) >= 11 is 0. The van der Waals surface area contributed by atoms with Crippen LogP contribution >= 0.6 is 0 Å². The van der Waals surface area contributed by atoms with E-state index in [9.17, 15) is 5.11 Å². The molecule has 2 rings (SSSR count). The number of aryl methyl sites for hydroxylation is 2. The van der Waals surface area contributed by atoms with Gasteiger partial charge in [0.15, 0.2) is 0 Å². The van der Waals surface area contributed by atoms with Gasteiger partial charge in [-0.05, 0) is 43.7 Å². The number of nitrogens with zero attached hydrogens (tertiary/aromatic N) is 1. The monoisotopic (exact) mass is 289 g/mol. The normalized spacial score (nSPS) is 17.9. The zero-order valence-electron chi connectivity index (χ0n) is 14.1. The number of hydrogen-bond donors (Lipinski definition) is 1. The Morgan fingerprint density at radius 2 is 1.81 bits per heavy atom. The maximum atomic E-state index is 10.7. The lowest BCUT2D eigenvalue weighted by Gasteiger charge is -2.32. The van der Waals surface area contributed by atoms with Crippen molar-refractivity contribution in [3.63, 3.8) is 0 Å². The molecule has 1 saturated carbocycles. The fourth-order valence-corrected chi connectivity index (χ4v) is 3.55. The van der Waals surface area contributed by atoms with Crippen LogP contribution < -0.4 is 0 Å². The maximum absolute atomic E-state index is 10.7. The van der Waals surface area contributed by atoms with Gasteiger partial charge in [-0.15, -0.1) is 0 Å². The van der Waals surface area contributed by atoms with Crippen LogP contribution in [0.3, 0.4) is 0 Å². The molecule has 1 unspecified atom stereocenters. The van der Waals surface area contributed by atoms with E-state index in [1.807, 2.05) is 0 Å². The molecule has 21 heavy (non-hydrogen) atoms. The summed E-state index contributed by atoms with van der Waals surface area (Å²) in [6.07, 6.45) is 4.92. The summed E-state index contributed by atoms with van der Waals surface area (Å²) in [7, 11) is 0. The number of benzene rings is 1. The van der Waals surface area contributed by atoms with Gasteiger partial charge in [-0.25, -0.2) is 0 Å². The Morgan fingerprint density at radius 3 is 2.43 bits per heavy atom. The van der Waals surface area contributed by atoms with Gasteiger partial charge in [0, 0.05) is 19.1 Å². The van der Waals surface area contributed by atoms with Crippen molar-refractivity contribution in [1.82, 2.24) is 4.90 Å². The van der Waals surface area contributed by atoms with Gasteiger partial charge in [-0.1, -0.05) is 50.5 Å². The number of hydrogen-bond acceptors (Lipinski definition) is 2. The van der Waals surface area contributed by atoms with Gasteiger partial charge in [0.05, 0.1) is 6.10 Å². The smallest absolute Gasteiger partial charge is 0.0919 e. The van der Waals surface area contributed by atoms with Gasteiger partial charge < -0.3 is 5.11 Å². The molecule has 1 aromatic carbocycles. The molecule has 0 amide bonds. The van der Waals surface area contributed by atoms with E-state index in [4.69, 9.17) is 0 Å². The standard InChI is InChI=1S/C19H31NO/c1-14(2)12-20(17-7-5-6-8-17)13-19(21)18-11-15(3)9-10-16(18)4/h9-11,14,17,19,21H,5-8,12-13H2,1-4H3. The molecule has 0 aliphatic heterocycles. The Bertz CT molecular complexity index is 449. The molecule has 1 fully saturated rings. The molecule has 118 valence electrons. The lowest BCUT2D eigenvalue weighted by molar-refractivity contribution is 0.0792. The van der Waals surface area contributed by atoms with E-state index < -0.39 is 0 Å². The summed E-state index contributed by atoms with van der Waals surface area (Å²) in [6, 6.07) is 7.06. The van der Waals surface area contributed by atoms with Gasteiger partial charge in [0.2, 0.25) is 0 Å². The highest BCUT2D eigenvalue weighted by Gasteiger charge is 2.25. The van der Waals surface area contributed by atoms with Crippen LogP contribution in [0.1, 0.15) is 62.3 Å². The molecule has 1 aliphatic rings. The third-order valence-corrected chi connectivity index (χ3v) is 4.64. The number of aliphatic hydroxyl groups is 1. The largest absolute Gasteiger partial charge is 0.387 e. The van der Waals surface area contributed by atoms with Crippen LogP contribution in [0.4, 0.5) is 0 Å². The van der Waals surface area contributed by atoms with Gasteiger partial charge in [-0.3, -0.25) is 4.90 Å². The average Bonchev–Trinajstić information content (AvgIpc) is 2.94. The molecule has 1 atom stereocenters. The van der Waals surface area contributed by atoms with Crippen LogP contribution in [0.2, 0.25) is 0 Å². The highest BCUT2D eigenvalue weighted by atomic mass is 16.3. The molecule has 1 N–H and O–H groups in total. The molecule has 0 radical (unpaired) electrons. The molecule has 2 heteroatoms. The Hall–Kier alpha value is -0.860. The number of rotatable bonds is 6. The Morgan fingerprint density at radius 1 is 1.14 bits per heavy atom. The van der Waals surface area contributed by atoms with Crippen molar-refractivity contribution < 1.29 is 5.11 Å². The van der Waals surface area contributed by atoms with Crippen molar-refractivity contribution in [3.8, 4) is 0 Å². The van der Waals surface area contributed by atoms with Crippen LogP contribution in [0.5, 0.6) is 0 Å². The fourth-order valence-electron chi connectivity index (χ4n) is 3.55. The van der Waals surface area contributed by atoms with E-state index in [0.29, 0.717) is 12.0 Å². The molecule has 0 aromatic heterocycles. The van der Waals surface area contributed by atoms with E-state index in [0.717, 1.165) is 18.7 Å². The summed E-state index contributed by atoms with van der Waals surface area (Å²) in [4.78, 5) is 2.53. The molecule has 0 spiro atoms.